The molecular weight excluding hydrogens is 228 g/mol. The molecule has 0 saturated carbocycles. The van der Waals surface area contributed by atoms with Crippen LogP contribution in [0.2, 0.25) is 0 Å². The van der Waals surface area contributed by atoms with Gasteiger partial charge >= 0.3 is 0 Å². The molecule has 0 saturated heterocycles. The number of hydrogen-bond acceptors (Lipinski definition) is 2. The summed E-state index contributed by atoms with van der Waals surface area (Å²) in [7, 11) is 0. The molecule has 0 aliphatic heterocycles. The lowest BCUT2D eigenvalue weighted by Gasteiger charge is -1.97. The molecule has 0 unspecified atom stereocenters. The number of para-hydroxylation sites is 1. The van der Waals surface area contributed by atoms with Crippen LogP contribution in [0.3, 0.4) is 0 Å². The smallest absolute Gasteiger partial charge is 0.161 e. The molecule has 0 radical (unpaired) electrons. The van der Waals surface area contributed by atoms with Gasteiger partial charge < -0.3 is 4.42 Å². The average Bonchev–Trinajstić information content (AvgIpc) is 2.80. The second-order valence-corrected chi connectivity index (χ2v) is 4.86. The summed E-state index contributed by atoms with van der Waals surface area (Å²) in [5.74, 6) is 0.945. The van der Waals surface area contributed by atoms with Crippen molar-refractivity contribution in [3.8, 4) is 0 Å². The molecule has 0 fully saturated rings. The number of thioether (sulfide) groups is 1. The molecule has 0 atom stereocenters. The summed E-state index contributed by atoms with van der Waals surface area (Å²) in [6.45, 7) is 0. The molecular formula is C15H12OS. The maximum Gasteiger partial charge on any atom is 0.161 e. The number of fused-ring (bicyclic) bond motifs is 1. The van der Waals surface area contributed by atoms with Crippen molar-refractivity contribution in [2.45, 2.75) is 10.8 Å². The fourth-order valence-corrected chi connectivity index (χ4v) is 2.62. The Balaban J connectivity index is 1.77. The second-order valence-electron chi connectivity index (χ2n) is 3.88. The fraction of sp³-hybridized carbons (Fsp3) is 0.0667. The van der Waals surface area contributed by atoms with Crippen LogP contribution in [0.1, 0.15) is 5.56 Å². The van der Waals surface area contributed by atoms with E-state index in [1.165, 1.54) is 10.9 Å². The minimum atomic E-state index is 0.945. The Labute approximate surface area is 104 Å². The molecule has 0 aliphatic rings. The first kappa shape index (κ1) is 10.5. The van der Waals surface area contributed by atoms with Crippen molar-refractivity contribution in [1.29, 1.82) is 0 Å². The van der Waals surface area contributed by atoms with Crippen molar-refractivity contribution in [3.63, 3.8) is 0 Å². The molecule has 84 valence electrons. The van der Waals surface area contributed by atoms with Gasteiger partial charge in [-0.3, -0.25) is 0 Å². The largest absolute Gasteiger partial charge is 0.450 e. The third-order valence-electron chi connectivity index (χ3n) is 2.63. The maximum atomic E-state index is 5.75. The van der Waals surface area contributed by atoms with Crippen LogP contribution < -0.4 is 0 Å². The summed E-state index contributed by atoms with van der Waals surface area (Å²) in [6.07, 6.45) is 0. The van der Waals surface area contributed by atoms with Gasteiger partial charge in [0.2, 0.25) is 0 Å². The molecule has 0 N–H and O–H groups in total. The van der Waals surface area contributed by atoms with Gasteiger partial charge in [-0.15, -0.1) is 0 Å². The third kappa shape index (κ3) is 2.37. The van der Waals surface area contributed by atoms with Crippen molar-refractivity contribution >= 4 is 22.7 Å². The molecule has 1 nitrogen and oxygen atoms in total. The molecule has 2 aromatic carbocycles. The highest BCUT2D eigenvalue weighted by Crippen LogP contribution is 2.29. The Kier molecular flexibility index (Phi) is 2.88. The molecule has 1 heterocycles. The lowest BCUT2D eigenvalue weighted by molar-refractivity contribution is 0.515. The van der Waals surface area contributed by atoms with Gasteiger partial charge in [-0.1, -0.05) is 60.3 Å². The van der Waals surface area contributed by atoms with Crippen molar-refractivity contribution in [1.82, 2.24) is 0 Å². The van der Waals surface area contributed by atoms with Crippen molar-refractivity contribution in [3.05, 3.63) is 66.2 Å². The highest BCUT2D eigenvalue weighted by molar-refractivity contribution is 7.98. The summed E-state index contributed by atoms with van der Waals surface area (Å²) in [6, 6.07) is 20.6. The minimum Gasteiger partial charge on any atom is -0.450 e. The lowest BCUT2D eigenvalue weighted by atomic mass is 10.2. The molecule has 3 aromatic rings. The van der Waals surface area contributed by atoms with Gasteiger partial charge in [0, 0.05) is 11.1 Å². The SMILES string of the molecule is c1ccc(CSc2cc3ccccc3o2)cc1. The zero-order valence-electron chi connectivity index (χ0n) is 9.30. The molecule has 17 heavy (non-hydrogen) atoms. The topological polar surface area (TPSA) is 13.1 Å². The van der Waals surface area contributed by atoms with Gasteiger partial charge in [-0.25, -0.2) is 0 Å². The predicted octanol–water partition coefficient (Wildman–Crippen LogP) is 4.73. The number of rotatable bonds is 3. The molecule has 1 aromatic heterocycles. The fourth-order valence-electron chi connectivity index (χ4n) is 1.76. The van der Waals surface area contributed by atoms with E-state index in [-0.39, 0.29) is 0 Å². The van der Waals surface area contributed by atoms with Gasteiger partial charge in [0.05, 0.1) is 0 Å². The Bertz CT molecular complexity index is 580. The molecule has 0 aliphatic carbocycles. The summed E-state index contributed by atoms with van der Waals surface area (Å²) in [4.78, 5) is 0. The van der Waals surface area contributed by atoms with Crippen molar-refractivity contribution in [2.75, 3.05) is 0 Å². The van der Waals surface area contributed by atoms with Crippen LogP contribution in [0.4, 0.5) is 0 Å². The molecule has 2 heteroatoms. The Morgan fingerprint density at radius 3 is 2.47 bits per heavy atom. The van der Waals surface area contributed by atoms with Crippen LogP contribution in [-0.4, -0.2) is 0 Å². The highest BCUT2D eigenvalue weighted by Gasteiger charge is 2.03. The summed E-state index contributed by atoms with van der Waals surface area (Å²) in [5.41, 5.74) is 2.28. The van der Waals surface area contributed by atoms with E-state index >= 15 is 0 Å². The van der Waals surface area contributed by atoms with Crippen LogP contribution in [0.15, 0.2) is 70.2 Å². The second kappa shape index (κ2) is 4.68. The normalized spacial score (nSPS) is 10.8. The Hall–Kier alpha value is -1.67. The van der Waals surface area contributed by atoms with Crippen molar-refractivity contribution in [2.24, 2.45) is 0 Å². The minimum absolute atomic E-state index is 0.945. The summed E-state index contributed by atoms with van der Waals surface area (Å²) < 4.78 is 5.75. The van der Waals surface area contributed by atoms with Crippen molar-refractivity contribution < 1.29 is 4.42 Å². The first-order chi connectivity index (χ1) is 8.42. The summed E-state index contributed by atoms with van der Waals surface area (Å²) >= 11 is 1.73. The number of hydrogen-bond donors (Lipinski definition) is 0. The van der Waals surface area contributed by atoms with E-state index in [4.69, 9.17) is 4.42 Å². The van der Waals surface area contributed by atoms with E-state index in [0.717, 1.165) is 16.4 Å². The van der Waals surface area contributed by atoms with Gasteiger partial charge in [-0.2, -0.15) is 0 Å². The van der Waals surface area contributed by atoms with Crippen LogP contribution in [0, 0.1) is 0 Å². The van der Waals surface area contributed by atoms with E-state index in [2.05, 4.69) is 36.4 Å². The third-order valence-corrected chi connectivity index (χ3v) is 3.59. The Morgan fingerprint density at radius 1 is 0.882 bits per heavy atom. The molecule has 3 rings (SSSR count). The van der Waals surface area contributed by atoms with E-state index in [1.807, 2.05) is 24.3 Å². The number of furan rings is 1. The predicted molar refractivity (Wildman–Crippen MR) is 72.2 cm³/mol. The van der Waals surface area contributed by atoms with E-state index in [1.54, 1.807) is 11.8 Å². The van der Waals surface area contributed by atoms with Gasteiger partial charge in [0.1, 0.15) is 5.58 Å². The lowest BCUT2D eigenvalue weighted by Crippen LogP contribution is -1.76. The quantitative estimate of drug-likeness (QED) is 0.614. The summed E-state index contributed by atoms with van der Waals surface area (Å²) in [5, 5.41) is 2.15. The average molecular weight is 240 g/mol. The highest BCUT2D eigenvalue weighted by atomic mass is 32.2. The first-order valence-corrected chi connectivity index (χ1v) is 6.56. The monoisotopic (exact) mass is 240 g/mol. The van der Waals surface area contributed by atoms with E-state index in [9.17, 15) is 0 Å². The maximum absolute atomic E-state index is 5.75. The van der Waals surface area contributed by atoms with Crippen LogP contribution in [0.5, 0.6) is 0 Å². The van der Waals surface area contributed by atoms with Gasteiger partial charge in [-0.05, 0) is 17.7 Å². The zero-order chi connectivity index (χ0) is 11.5. The number of benzene rings is 2. The zero-order valence-corrected chi connectivity index (χ0v) is 10.1. The van der Waals surface area contributed by atoms with Crippen LogP contribution >= 0.6 is 11.8 Å². The standard InChI is InChI=1S/C15H12OS/c1-2-6-12(7-3-1)11-17-15-10-13-8-4-5-9-14(13)16-15/h1-10H,11H2. The van der Waals surface area contributed by atoms with E-state index in [0.29, 0.717) is 0 Å². The molecule has 0 amide bonds. The first-order valence-electron chi connectivity index (χ1n) is 5.57. The van der Waals surface area contributed by atoms with Crippen LogP contribution in [-0.2, 0) is 5.75 Å². The van der Waals surface area contributed by atoms with E-state index < -0.39 is 0 Å². The van der Waals surface area contributed by atoms with Crippen LogP contribution in [0.25, 0.3) is 11.0 Å². The van der Waals surface area contributed by atoms with Gasteiger partial charge in [0.25, 0.3) is 0 Å². The molecule has 0 spiro atoms. The molecule has 0 bridgehead atoms. The Morgan fingerprint density at radius 2 is 1.65 bits per heavy atom. The van der Waals surface area contributed by atoms with Gasteiger partial charge in [0.15, 0.2) is 5.09 Å².